The summed E-state index contributed by atoms with van der Waals surface area (Å²) in [5.41, 5.74) is 3.94. The second kappa shape index (κ2) is 16.7. The van der Waals surface area contributed by atoms with Gasteiger partial charge in [-0.25, -0.2) is 35.2 Å². The van der Waals surface area contributed by atoms with Crippen molar-refractivity contribution in [3.63, 3.8) is 0 Å². The van der Waals surface area contributed by atoms with E-state index in [4.69, 9.17) is 19.1 Å². The number of rotatable bonds is 6. The zero-order chi connectivity index (χ0) is 39.5. The Hall–Kier alpha value is -4.10. The summed E-state index contributed by atoms with van der Waals surface area (Å²) in [5.74, 6) is -0.654. The van der Waals surface area contributed by atoms with E-state index in [1.54, 1.807) is 26.6 Å². The number of carbonyl (C=O) groups excluding carboxylic acids is 6. The van der Waals surface area contributed by atoms with Crippen LogP contribution in [0.2, 0.25) is 0 Å². The highest BCUT2D eigenvalue weighted by Gasteiger charge is 2.47. The lowest BCUT2D eigenvalue weighted by Crippen LogP contribution is -2.51. The zero-order valence-electron chi connectivity index (χ0n) is 32.6. The van der Waals surface area contributed by atoms with Crippen molar-refractivity contribution in [3.8, 4) is 0 Å². The Morgan fingerprint density at radius 1 is 0.611 bits per heavy atom. The second-order valence-corrected chi connectivity index (χ2v) is 16.8. The van der Waals surface area contributed by atoms with Gasteiger partial charge in [-0.15, -0.1) is 0 Å². The van der Waals surface area contributed by atoms with E-state index in [1.807, 2.05) is 41.5 Å². The number of hydrogen-bond acceptors (Lipinski definition) is 11. The third-order valence-corrected chi connectivity index (χ3v) is 10.4. The van der Waals surface area contributed by atoms with Crippen molar-refractivity contribution in [3.05, 3.63) is 0 Å². The summed E-state index contributed by atoms with van der Waals surface area (Å²) in [5, 5.41) is 10.4. The molecule has 6 fully saturated rings. The molecular weight excluding hydrogens is 708 g/mol. The van der Waals surface area contributed by atoms with Gasteiger partial charge in [0.05, 0.1) is 24.3 Å². The molecule has 4 bridgehead atoms. The van der Waals surface area contributed by atoms with Crippen molar-refractivity contribution >= 4 is 36.1 Å². The molecular formula is C35H58N8O11. The fourth-order valence-corrected chi connectivity index (χ4v) is 7.42. The molecule has 8 amide bonds. The third-order valence-electron chi connectivity index (χ3n) is 10.4. The Kier molecular flexibility index (Phi) is 12.7. The van der Waals surface area contributed by atoms with Crippen LogP contribution in [0.3, 0.4) is 0 Å². The van der Waals surface area contributed by atoms with Crippen LogP contribution in [0.5, 0.6) is 0 Å². The van der Waals surface area contributed by atoms with Gasteiger partial charge in [-0.3, -0.25) is 24.5 Å². The molecule has 0 aliphatic carbocycles. The van der Waals surface area contributed by atoms with E-state index in [-0.39, 0.29) is 54.3 Å². The predicted octanol–water partition coefficient (Wildman–Crippen LogP) is 2.42. The van der Waals surface area contributed by atoms with Gasteiger partial charge >= 0.3 is 24.2 Å². The van der Waals surface area contributed by atoms with Crippen LogP contribution in [0.1, 0.15) is 92.9 Å². The number of likely N-dealkylation sites (N-methyl/N-ethyl adjacent to an activating group) is 1. The zero-order valence-corrected chi connectivity index (χ0v) is 32.6. The number of nitrogens with zero attached hydrogens (tertiary/aromatic N) is 6. The van der Waals surface area contributed by atoms with Crippen molar-refractivity contribution in [2.45, 2.75) is 140 Å². The van der Waals surface area contributed by atoms with E-state index in [9.17, 15) is 34.0 Å². The van der Waals surface area contributed by atoms with Gasteiger partial charge in [0.1, 0.15) is 23.3 Å². The highest BCUT2D eigenvalue weighted by molar-refractivity contribution is 5.89. The minimum absolute atomic E-state index is 0.0941. The molecule has 19 heteroatoms. The maximum Gasteiger partial charge on any atom is 0.410 e. The monoisotopic (exact) mass is 766 g/mol. The molecule has 0 aromatic carbocycles. The number of fused-ring (bicyclic) bond motifs is 4. The Morgan fingerprint density at radius 2 is 1.00 bits per heavy atom. The average Bonchev–Trinajstić information content (AvgIpc) is 3.47. The molecule has 6 saturated heterocycles. The molecule has 304 valence electrons. The Labute approximate surface area is 316 Å². The van der Waals surface area contributed by atoms with Crippen molar-refractivity contribution in [1.82, 2.24) is 40.5 Å². The Bertz CT molecular complexity index is 1300. The molecule has 3 N–H and O–H groups in total. The van der Waals surface area contributed by atoms with E-state index in [2.05, 4.69) is 11.0 Å². The Morgan fingerprint density at radius 3 is 1.43 bits per heavy atom. The molecule has 6 heterocycles. The van der Waals surface area contributed by atoms with Crippen molar-refractivity contribution in [2.75, 3.05) is 46.3 Å². The molecule has 0 radical (unpaired) electrons. The molecule has 6 aliphatic rings. The number of hydrogen-bond donors (Lipinski definition) is 3. The van der Waals surface area contributed by atoms with Crippen LogP contribution in [0.4, 0.5) is 19.2 Å². The highest BCUT2D eigenvalue weighted by Crippen LogP contribution is 2.30. The lowest BCUT2D eigenvalue weighted by molar-refractivity contribution is -0.146. The number of ether oxygens (including phenoxy) is 2. The number of piperidine rings is 4. The summed E-state index contributed by atoms with van der Waals surface area (Å²) in [4.78, 5) is 92.2. The summed E-state index contributed by atoms with van der Waals surface area (Å²) in [6, 6.07) is -1.76. The molecule has 0 aromatic heterocycles. The number of amides is 8. The second-order valence-electron chi connectivity index (χ2n) is 16.8. The number of nitrogens with one attached hydrogen (secondary N) is 2. The molecule has 6 aliphatic heterocycles. The first-order valence-electron chi connectivity index (χ1n) is 19.0. The minimum Gasteiger partial charge on any atom is -0.444 e. The molecule has 19 nitrogen and oxygen atoms in total. The summed E-state index contributed by atoms with van der Waals surface area (Å²) in [7, 11) is 1.78. The fraction of sp³-hybridized carbons (Fsp3) is 0.829. The third kappa shape index (κ3) is 10.1. The summed E-state index contributed by atoms with van der Waals surface area (Å²) in [6.45, 7) is 14.0. The predicted molar refractivity (Wildman–Crippen MR) is 189 cm³/mol. The lowest BCUT2D eigenvalue weighted by Gasteiger charge is -2.34. The first kappa shape index (κ1) is 41.1. The summed E-state index contributed by atoms with van der Waals surface area (Å²) in [6.07, 6.45) is 3.92. The smallest absolute Gasteiger partial charge is 0.410 e. The van der Waals surface area contributed by atoms with Crippen molar-refractivity contribution < 1.29 is 53.1 Å². The van der Waals surface area contributed by atoms with Crippen LogP contribution >= 0.6 is 0 Å². The normalized spacial score (nSPS) is 26.4. The minimum atomic E-state index is -0.632. The molecule has 0 spiro atoms. The van der Waals surface area contributed by atoms with Crippen LogP contribution in [-0.2, 0) is 28.7 Å². The van der Waals surface area contributed by atoms with Crippen molar-refractivity contribution in [2.24, 2.45) is 0 Å². The van der Waals surface area contributed by atoms with Crippen molar-refractivity contribution in [1.29, 1.82) is 0 Å². The molecule has 0 unspecified atom stereocenters. The van der Waals surface area contributed by atoms with Crippen LogP contribution < -0.4 is 11.0 Å². The molecule has 0 saturated carbocycles. The summed E-state index contributed by atoms with van der Waals surface area (Å²) >= 11 is 0. The average molecular weight is 767 g/mol. The molecule has 6 rings (SSSR count). The van der Waals surface area contributed by atoms with Gasteiger partial charge in [0.2, 0.25) is 0 Å². The van der Waals surface area contributed by atoms with E-state index >= 15 is 0 Å². The highest BCUT2D eigenvalue weighted by atomic mass is 16.7. The number of hydroxylamine groups is 4. The van der Waals surface area contributed by atoms with E-state index in [0.29, 0.717) is 89.3 Å². The number of carbonyl (C=O) groups is 6. The number of likely N-dealkylation sites (tertiary alicyclic amines) is 2. The van der Waals surface area contributed by atoms with Crippen LogP contribution in [0, 0.1) is 0 Å². The lowest BCUT2D eigenvalue weighted by atomic mass is 10.0. The first-order valence-corrected chi connectivity index (χ1v) is 19.0. The van der Waals surface area contributed by atoms with Crippen LogP contribution in [0.15, 0.2) is 0 Å². The first-order chi connectivity index (χ1) is 25.3. The topological polar surface area (TPSA) is 203 Å². The van der Waals surface area contributed by atoms with Gasteiger partial charge in [-0.05, 0) is 92.9 Å². The SMILES string of the molecule is CC(C)(C)OC(=O)N1CCC(ONC(=O)[C@@H]2CC[C@@H]3CN2C(=O)N3O)CC1.CN1C(=O)N2C[C@H]1CC[C@H]2C(=O)NOC1CCN(C(=O)OC(C)(C)C)CC1. The fourth-order valence-electron chi connectivity index (χ4n) is 7.42. The quantitative estimate of drug-likeness (QED) is 0.265. The van der Waals surface area contributed by atoms with Gasteiger partial charge < -0.3 is 34.0 Å². The molecule has 54 heavy (non-hydrogen) atoms. The van der Waals surface area contributed by atoms with Gasteiger partial charge in [-0.2, -0.15) is 0 Å². The number of urea groups is 2. The van der Waals surface area contributed by atoms with Crippen LogP contribution in [0.25, 0.3) is 0 Å². The molecule has 4 atom stereocenters. The van der Waals surface area contributed by atoms with Gasteiger partial charge in [0.25, 0.3) is 11.8 Å². The van der Waals surface area contributed by atoms with Crippen LogP contribution in [-0.4, -0.2) is 165 Å². The summed E-state index contributed by atoms with van der Waals surface area (Å²) < 4.78 is 10.7. The maximum absolute atomic E-state index is 12.5. The van der Waals surface area contributed by atoms with E-state index in [0.717, 1.165) is 6.42 Å². The maximum atomic E-state index is 12.5. The van der Waals surface area contributed by atoms with Gasteiger partial charge in [0.15, 0.2) is 0 Å². The van der Waals surface area contributed by atoms with E-state index < -0.39 is 29.3 Å². The molecule has 0 aromatic rings. The van der Waals surface area contributed by atoms with Gasteiger partial charge in [-0.1, -0.05) is 0 Å². The standard InChI is InChI=1S/C18H30N4O5.C17H28N4O6/c1-18(2,3)26-17(25)21-9-7-13(8-10-21)27-19-15(23)14-6-5-12-11-22(14)16(24)20(12)4;1-17(2,3)26-16(24)19-8-6-12(7-9-19)27-18-14(22)13-5-4-11-10-20(13)15(23)21(11)25/h12-14H,5-11H2,1-4H3,(H,19,23);11-13,25H,4-10H2,1-3H3,(H,18,22)/t12-,14+;11-,13+/m11/s1. The Balaban J connectivity index is 0.000000208. The van der Waals surface area contributed by atoms with Gasteiger partial charge in [0, 0.05) is 46.3 Å². The largest absolute Gasteiger partial charge is 0.444 e. The van der Waals surface area contributed by atoms with E-state index in [1.165, 1.54) is 4.90 Å².